The summed E-state index contributed by atoms with van der Waals surface area (Å²) in [5.41, 5.74) is 1.01. The molecule has 1 aromatic carbocycles. The van der Waals surface area contributed by atoms with Crippen LogP contribution in [0.3, 0.4) is 0 Å². The Labute approximate surface area is 118 Å². The fourth-order valence-electron chi connectivity index (χ4n) is 2.36. The topological polar surface area (TPSA) is 35.5 Å². The van der Waals surface area contributed by atoms with Crippen LogP contribution in [0.15, 0.2) is 18.2 Å². The van der Waals surface area contributed by atoms with E-state index in [-0.39, 0.29) is 16.6 Å². The molecule has 0 spiro atoms. The van der Waals surface area contributed by atoms with Gasteiger partial charge in [-0.15, -0.1) is 0 Å². The molecular formula is C15H19ClO3. The van der Waals surface area contributed by atoms with Gasteiger partial charge in [0.1, 0.15) is 13.2 Å². The summed E-state index contributed by atoms with van der Waals surface area (Å²) < 4.78 is 11.1. The molecule has 0 amide bonds. The maximum atomic E-state index is 11.3. The normalized spacial score (nSPS) is 16.0. The average Bonchev–Trinajstić information content (AvgIpc) is 2.34. The van der Waals surface area contributed by atoms with Crippen molar-refractivity contribution in [1.82, 2.24) is 0 Å². The maximum absolute atomic E-state index is 11.3. The highest BCUT2D eigenvalue weighted by Gasteiger charge is 2.29. The molecule has 0 saturated heterocycles. The standard InChI is InChI=1S/C15H19ClO3/c1-15(2,3)11(9-14(16)17)10-4-5-12-13(8-10)19-7-6-18-12/h4-5,8,11H,6-7,9H2,1-3H3. The molecular weight excluding hydrogens is 264 g/mol. The Kier molecular flexibility index (Phi) is 4.04. The van der Waals surface area contributed by atoms with Crippen LogP contribution in [-0.2, 0) is 4.79 Å². The number of carbonyl (C=O) groups excluding carboxylic acids is 1. The summed E-state index contributed by atoms with van der Waals surface area (Å²) in [4.78, 5) is 11.3. The van der Waals surface area contributed by atoms with Crippen molar-refractivity contribution in [2.45, 2.75) is 33.1 Å². The van der Waals surface area contributed by atoms with Crippen molar-refractivity contribution in [2.24, 2.45) is 5.41 Å². The molecule has 0 aromatic heterocycles. The van der Waals surface area contributed by atoms with Crippen LogP contribution in [0.4, 0.5) is 0 Å². The van der Waals surface area contributed by atoms with E-state index in [1.165, 1.54) is 0 Å². The van der Waals surface area contributed by atoms with Crippen molar-refractivity contribution in [3.8, 4) is 11.5 Å². The molecule has 1 heterocycles. The number of ether oxygens (including phenoxy) is 2. The summed E-state index contributed by atoms with van der Waals surface area (Å²) in [6.07, 6.45) is 0.324. The zero-order valence-corrected chi connectivity index (χ0v) is 12.3. The van der Waals surface area contributed by atoms with Gasteiger partial charge in [-0.25, -0.2) is 0 Å². The molecule has 19 heavy (non-hydrogen) atoms. The van der Waals surface area contributed by atoms with Crippen LogP contribution < -0.4 is 9.47 Å². The van der Waals surface area contributed by atoms with E-state index in [1.807, 2.05) is 18.2 Å². The first kappa shape index (κ1) is 14.2. The first-order valence-electron chi connectivity index (χ1n) is 6.46. The fourth-order valence-corrected chi connectivity index (χ4v) is 2.52. The van der Waals surface area contributed by atoms with Gasteiger partial charge in [0.15, 0.2) is 11.5 Å². The largest absolute Gasteiger partial charge is 0.486 e. The van der Waals surface area contributed by atoms with Gasteiger partial charge >= 0.3 is 0 Å². The number of halogens is 1. The van der Waals surface area contributed by atoms with Gasteiger partial charge in [0.2, 0.25) is 5.24 Å². The molecule has 0 fully saturated rings. The van der Waals surface area contributed by atoms with Gasteiger partial charge in [-0.3, -0.25) is 4.79 Å². The van der Waals surface area contributed by atoms with Crippen LogP contribution >= 0.6 is 11.6 Å². The molecule has 2 rings (SSSR count). The Hall–Kier alpha value is -1.22. The van der Waals surface area contributed by atoms with Crippen molar-refractivity contribution >= 4 is 16.8 Å². The Morgan fingerprint density at radius 1 is 1.26 bits per heavy atom. The van der Waals surface area contributed by atoms with E-state index >= 15 is 0 Å². The van der Waals surface area contributed by atoms with Gasteiger partial charge in [0.05, 0.1) is 0 Å². The van der Waals surface area contributed by atoms with E-state index in [4.69, 9.17) is 21.1 Å². The summed E-state index contributed by atoms with van der Waals surface area (Å²) in [6.45, 7) is 7.46. The number of carbonyl (C=O) groups is 1. The quantitative estimate of drug-likeness (QED) is 0.792. The molecule has 0 radical (unpaired) electrons. The summed E-state index contributed by atoms with van der Waals surface area (Å²) in [6, 6.07) is 5.86. The number of fused-ring (bicyclic) bond motifs is 1. The van der Waals surface area contributed by atoms with Crippen molar-refractivity contribution in [1.29, 1.82) is 0 Å². The highest BCUT2D eigenvalue weighted by molar-refractivity contribution is 6.63. The van der Waals surface area contributed by atoms with Crippen LogP contribution in [0.5, 0.6) is 11.5 Å². The first-order chi connectivity index (χ1) is 8.88. The lowest BCUT2D eigenvalue weighted by Gasteiger charge is -2.31. The molecule has 0 bridgehead atoms. The zero-order valence-electron chi connectivity index (χ0n) is 11.5. The third-order valence-electron chi connectivity index (χ3n) is 3.38. The number of hydrogen-bond acceptors (Lipinski definition) is 3. The Balaban J connectivity index is 2.34. The molecule has 1 aromatic rings. The summed E-state index contributed by atoms with van der Waals surface area (Å²) >= 11 is 5.58. The molecule has 1 aliphatic heterocycles. The smallest absolute Gasteiger partial charge is 0.222 e. The monoisotopic (exact) mass is 282 g/mol. The zero-order chi connectivity index (χ0) is 14.0. The lowest BCUT2D eigenvalue weighted by Crippen LogP contribution is -2.21. The predicted octanol–water partition coefficient (Wildman–Crippen LogP) is 3.74. The Morgan fingerprint density at radius 2 is 1.89 bits per heavy atom. The lowest BCUT2D eigenvalue weighted by molar-refractivity contribution is -0.112. The van der Waals surface area contributed by atoms with Crippen LogP contribution in [-0.4, -0.2) is 18.5 Å². The van der Waals surface area contributed by atoms with Gasteiger partial charge < -0.3 is 9.47 Å². The average molecular weight is 283 g/mol. The first-order valence-corrected chi connectivity index (χ1v) is 6.83. The van der Waals surface area contributed by atoms with E-state index in [0.717, 1.165) is 17.1 Å². The molecule has 104 valence electrons. The van der Waals surface area contributed by atoms with Gasteiger partial charge in [0, 0.05) is 6.42 Å². The maximum Gasteiger partial charge on any atom is 0.222 e. The minimum atomic E-state index is -0.310. The van der Waals surface area contributed by atoms with Gasteiger partial charge in [0.25, 0.3) is 0 Å². The number of hydrogen-bond donors (Lipinski definition) is 0. The van der Waals surface area contributed by atoms with E-state index in [2.05, 4.69) is 20.8 Å². The molecule has 1 atom stereocenters. The molecule has 0 N–H and O–H groups in total. The second-order valence-corrected chi connectivity index (χ2v) is 6.30. The molecule has 1 unspecified atom stereocenters. The van der Waals surface area contributed by atoms with Gasteiger partial charge in [-0.1, -0.05) is 26.8 Å². The summed E-state index contributed by atoms with van der Waals surface area (Å²) in [7, 11) is 0. The van der Waals surface area contributed by atoms with E-state index in [0.29, 0.717) is 19.6 Å². The SMILES string of the molecule is CC(C)(C)C(CC(=O)Cl)c1ccc2c(c1)OCCO2. The Morgan fingerprint density at radius 3 is 2.47 bits per heavy atom. The van der Waals surface area contributed by atoms with Crippen molar-refractivity contribution < 1.29 is 14.3 Å². The minimum absolute atomic E-state index is 0.0473. The van der Waals surface area contributed by atoms with Gasteiger partial charge in [-0.05, 0) is 40.6 Å². The fraction of sp³-hybridized carbons (Fsp3) is 0.533. The van der Waals surface area contributed by atoms with Crippen LogP contribution in [0.2, 0.25) is 0 Å². The van der Waals surface area contributed by atoms with E-state index in [9.17, 15) is 4.79 Å². The minimum Gasteiger partial charge on any atom is -0.486 e. The van der Waals surface area contributed by atoms with Crippen molar-refractivity contribution in [2.75, 3.05) is 13.2 Å². The van der Waals surface area contributed by atoms with Gasteiger partial charge in [-0.2, -0.15) is 0 Å². The molecule has 0 aliphatic carbocycles. The number of rotatable bonds is 3. The van der Waals surface area contributed by atoms with Crippen LogP contribution in [0.25, 0.3) is 0 Å². The second kappa shape index (κ2) is 5.41. The molecule has 4 heteroatoms. The predicted molar refractivity (Wildman–Crippen MR) is 75.1 cm³/mol. The lowest BCUT2D eigenvalue weighted by atomic mass is 9.75. The van der Waals surface area contributed by atoms with Crippen molar-refractivity contribution in [3.05, 3.63) is 23.8 Å². The molecule has 1 aliphatic rings. The molecule has 3 nitrogen and oxygen atoms in total. The highest BCUT2D eigenvalue weighted by Crippen LogP contribution is 2.41. The third kappa shape index (κ3) is 3.41. The summed E-state index contributed by atoms with van der Waals surface area (Å²) in [5.74, 6) is 1.58. The van der Waals surface area contributed by atoms with E-state index < -0.39 is 0 Å². The molecule has 0 saturated carbocycles. The Bertz CT molecular complexity index is 477. The third-order valence-corrected chi connectivity index (χ3v) is 3.53. The van der Waals surface area contributed by atoms with Crippen LogP contribution in [0, 0.1) is 5.41 Å². The van der Waals surface area contributed by atoms with Crippen LogP contribution in [0.1, 0.15) is 38.7 Å². The summed E-state index contributed by atoms with van der Waals surface area (Å²) in [5, 5.41) is -0.310. The number of benzene rings is 1. The van der Waals surface area contributed by atoms with Crippen molar-refractivity contribution in [3.63, 3.8) is 0 Å². The van der Waals surface area contributed by atoms with E-state index in [1.54, 1.807) is 0 Å². The highest BCUT2D eigenvalue weighted by atomic mass is 35.5. The second-order valence-electron chi connectivity index (χ2n) is 5.88.